The van der Waals surface area contributed by atoms with Crippen LogP contribution in [0.3, 0.4) is 0 Å². The van der Waals surface area contributed by atoms with E-state index >= 15 is 0 Å². The van der Waals surface area contributed by atoms with Crippen molar-refractivity contribution >= 4 is 5.97 Å². The topological polar surface area (TPSA) is 75.3 Å². The first-order valence-corrected chi connectivity index (χ1v) is 5.34. The zero-order chi connectivity index (χ0) is 12.0. The van der Waals surface area contributed by atoms with Crippen LogP contribution in [0.5, 0.6) is 0 Å². The summed E-state index contributed by atoms with van der Waals surface area (Å²) in [5.41, 5.74) is 7.83. The number of carboxylic acids is 1. The summed E-state index contributed by atoms with van der Waals surface area (Å²) in [6, 6.07) is 7.47. The van der Waals surface area contributed by atoms with Crippen molar-refractivity contribution in [3.05, 3.63) is 35.4 Å². The molecule has 0 heterocycles. The van der Waals surface area contributed by atoms with E-state index in [1.165, 1.54) is 11.1 Å². The predicted octanol–water partition coefficient (Wildman–Crippen LogP) is 0.539. The Bertz CT molecular complexity index is 335. The van der Waals surface area contributed by atoms with E-state index in [0.717, 1.165) is 13.0 Å². The van der Waals surface area contributed by atoms with Crippen LogP contribution in [0.25, 0.3) is 0 Å². The summed E-state index contributed by atoms with van der Waals surface area (Å²) >= 11 is 0. The molecule has 4 N–H and O–H groups in total. The minimum absolute atomic E-state index is 0.307. The second-order valence-corrected chi connectivity index (χ2v) is 3.88. The molecule has 0 radical (unpaired) electrons. The Labute approximate surface area is 95.5 Å². The Morgan fingerprint density at radius 2 is 2.06 bits per heavy atom. The molecular weight excluding hydrogens is 204 g/mol. The third-order valence-corrected chi connectivity index (χ3v) is 2.39. The Hall–Kier alpha value is -1.39. The molecule has 0 amide bonds. The highest BCUT2D eigenvalue weighted by Gasteiger charge is 2.09. The number of hydrogen-bond acceptors (Lipinski definition) is 3. The molecule has 1 aromatic carbocycles. The van der Waals surface area contributed by atoms with Crippen molar-refractivity contribution in [1.82, 2.24) is 5.32 Å². The second kappa shape index (κ2) is 6.25. The monoisotopic (exact) mass is 222 g/mol. The van der Waals surface area contributed by atoms with Gasteiger partial charge in [0, 0.05) is 6.54 Å². The van der Waals surface area contributed by atoms with Crippen molar-refractivity contribution in [3.63, 3.8) is 0 Å². The minimum Gasteiger partial charge on any atom is -0.480 e. The first-order valence-electron chi connectivity index (χ1n) is 5.34. The van der Waals surface area contributed by atoms with E-state index < -0.39 is 12.0 Å². The van der Waals surface area contributed by atoms with Gasteiger partial charge in [0.2, 0.25) is 0 Å². The first kappa shape index (κ1) is 12.7. The van der Waals surface area contributed by atoms with Crippen LogP contribution in [0.1, 0.15) is 11.1 Å². The fraction of sp³-hybridized carbons (Fsp3) is 0.417. The Kier molecular flexibility index (Phi) is 4.95. The molecule has 0 spiro atoms. The molecule has 0 aliphatic carbocycles. The second-order valence-electron chi connectivity index (χ2n) is 3.88. The van der Waals surface area contributed by atoms with E-state index in [2.05, 4.69) is 29.6 Å². The molecule has 4 nitrogen and oxygen atoms in total. The number of nitrogens with two attached hydrogens (primary N) is 1. The van der Waals surface area contributed by atoms with E-state index in [0.29, 0.717) is 6.54 Å². The van der Waals surface area contributed by atoms with Crippen molar-refractivity contribution < 1.29 is 9.90 Å². The van der Waals surface area contributed by atoms with Crippen LogP contribution in [-0.2, 0) is 11.2 Å². The molecule has 88 valence electrons. The molecule has 0 aliphatic rings. The maximum absolute atomic E-state index is 10.4. The number of aliphatic carboxylic acids is 1. The van der Waals surface area contributed by atoms with Crippen LogP contribution in [-0.4, -0.2) is 30.2 Å². The molecule has 4 heteroatoms. The molecule has 0 saturated heterocycles. The van der Waals surface area contributed by atoms with Gasteiger partial charge in [0.15, 0.2) is 0 Å². The molecule has 0 bridgehead atoms. The molecule has 0 saturated carbocycles. The standard InChI is InChI=1S/C12H18N2O2/c1-9-2-4-10(5-3-9)6-7-14-8-11(13)12(15)16/h2-5,11,14H,6-8,13H2,1H3,(H,15,16). The number of aryl methyl sites for hydroxylation is 1. The lowest BCUT2D eigenvalue weighted by Gasteiger charge is -2.08. The summed E-state index contributed by atoms with van der Waals surface area (Å²) in [4.78, 5) is 10.4. The molecule has 0 aliphatic heterocycles. The molecule has 1 aromatic rings. The Balaban J connectivity index is 2.21. The lowest BCUT2D eigenvalue weighted by Crippen LogP contribution is -2.40. The van der Waals surface area contributed by atoms with Gasteiger partial charge in [-0.2, -0.15) is 0 Å². The van der Waals surface area contributed by atoms with Gasteiger partial charge in [0.25, 0.3) is 0 Å². The van der Waals surface area contributed by atoms with Gasteiger partial charge < -0.3 is 16.2 Å². The van der Waals surface area contributed by atoms with Crippen molar-refractivity contribution in [2.75, 3.05) is 13.1 Å². The van der Waals surface area contributed by atoms with Gasteiger partial charge in [-0.3, -0.25) is 4.79 Å². The van der Waals surface area contributed by atoms with Gasteiger partial charge in [-0.15, -0.1) is 0 Å². The quantitative estimate of drug-likeness (QED) is 0.614. The maximum atomic E-state index is 10.4. The molecule has 0 fully saturated rings. The number of rotatable bonds is 6. The largest absolute Gasteiger partial charge is 0.480 e. The molecule has 16 heavy (non-hydrogen) atoms. The lowest BCUT2D eigenvalue weighted by molar-refractivity contribution is -0.138. The van der Waals surface area contributed by atoms with Gasteiger partial charge in [0.1, 0.15) is 6.04 Å². The summed E-state index contributed by atoms with van der Waals surface area (Å²) in [7, 11) is 0. The summed E-state index contributed by atoms with van der Waals surface area (Å²) in [5, 5.41) is 11.6. The SMILES string of the molecule is Cc1ccc(CCNCC(N)C(=O)O)cc1. The van der Waals surface area contributed by atoms with E-state index in [1.54, 1.807) is 0 Å². The zero-order valence-corrected chi connectivity index (χ0v) is 9.44. The predicted molar refractivity (Wildman–Crippen MR) is 63.4 cm³/mol. The lowest BCUT2D eigenvalue weighted by atomic mass is 10.1. The van der Waals surface area contributed by atoms with Gasteiger partial charge in [-0.1, -0.05) is 29.8 Å². The fourth-order valence-electron chi connectivity index (χ4n) is 1.33. The van der Waals surface area contributed by atoms with Crippen LogP contribution < -0.4 is 11.1 Å². The highest BCUT2D eigenvalue weighted by Crippen LogP contribution is 2.02. The number of carbonyl (C=O) groups is 1. The smallest absolute Gasteiger partial charge is 0.321 e. The van der Waals surface area contributed by atoms with E-state index in [1.807, 2.05) is 6.92 Å². The van der Waals surface area contributed by atoms with Crippen molar-refractivity contribution in [1.29, 1.82) is 0 Å². The van der Waals surface area contributed by atoms with Crippen LogP contribution in [0.4, 0.5) is 0 Å². The highest BCUT2D eigenvalue weighted by atomic mass is 16.4. The summed E-state index contributed by atoms with van der Waals surface area (Å²) < 4.78 is 0. The number of hydrogen-bond donors (Lipinski definition) is 3. The molecular formula is C12H18N2O2. The van der Waals surface area contributed by atoms with E-state index in [9.17, 15) is 4.79 Å². The molecule has 1 unspecified atom stereocenters. The van der Waals surface area contributed by atoms with E-state index in [4.69, 9.17) is 10.8 Å². The zero-order valence-electron chi connectivity index (χ0n) is 9.44. The van der Waals surface area contributed by atoms with Crippen LogP contribution in [0.15, 0.2) is 24.3 Å². The van der Waals surface area contributed by atoms with Gasteiger partial charge in [-0.05, 0) is 25.5 Å². The van der Waals surface area contributed by atoms with Crippen LogP contribution >= 0.6 is 0 Å². The highest BCUT2D eigenvalue weighted by molar-refractivity contribution is 5.73. The maximum Gasteiger partial charge on any atom is 0.321 e. The Morgan fingerprint density at radius 3 is 2.62 bits per heavy atom. The average Bonchev–Trinajstić information content (AvgIpc) is 2.26. The van der Waals surface area contributed by atoms with Gasteiger partial charge >= 0.3 is 5.97 Å². The van der Waals surface area contributed by atoms with Gasteiger partial charge in [-0.25, -0.2) is 0 Å². The first-order chi connectivity index (χ1) is 7.59. The van der Waals surface area contributed by atoms with E-state index in [-0.39, 0.29) is 0 Å². The molecule has 1 atom stereocenters. The minimum atomic E-state index is -0.970. The Morgan fingerprint density at radius 1 is 1.44 bits per heavy atom. The van der Waals surface area contributed by atoms with Crippen molar-refractivity contribution in [2.45, 2.75) is 19.4 Å². The van der Waals surface area contributed by atoms with Gasteiger partial charge in [0.05, 0.1) is 0 Å². The summed E-state index contributed by atoms with van der Waals surface area (Å²) in [6.07, 6.45) is 0.882. The molecule has 1 rings (SSSR count). The van der Waals surface area contributed by atoms with Crippen molar-refractivity contribution in [3.8, 4) is 0 Å². The summed E-state index contributed by atoms with van der Waals surface area (Å²) in [6.45, 7) is 3.10. The number of carboxylic acid groups (broad SMARTS) is 1. The number of benzene rings is 1. The third kappa shape index (κ3) is 4.42. The number of nitrogens with one attached hydrogen (secondary N) is 1. The fourth-order valence-corrected chi connectivity index (χ4v) is 1.33. The molecule has 0 aromatic heterocycles. The average molecular weight is 222 g/mol. The normalized spacial score (nSPS) is 12.4. The summed E-state index contributed by atoms with van der Waals surface area (Å²) in [5.74, 6) is -0.970. The van der Waals surface area contributed by atoms with Crippen LogP contribution in [0, 0.1) is 6.92 Å². The van der Waals surface area contributed by atoms with Crippen molar-refractivity contribution in [2.24, 2.45) is 5.73 Å². The third-order valence-electron chi connectivity index (χ3n) is 2.39. The van der Waals surface area contributed by atoms with Crippen LogP contribution in [0.2, 0.25) is 0 Å².